The second-order valence-corrected chi connectivity index (χ2v) is 8.28. The molecule has 0 spiro atoms. The summed E-state index contributed by atoms with van der Waals surface area (Å²) in [7, 11) is 0. The summed E-state index contributed by atoms with van der Waals surface area (Å²) in [4.78, 5) is 23.9. The van der Waals surface area contributed by atoms with Crippen molar-refractivity contribution in [1.82, 2.24) is 16.0 Å². The molecule has 0 radical (unpaired) electrons. The minimum Gasteiger partial charge on any atom is -0.354 e. The Kier molecular flexibility index (Phi) is 18.6. The minimum atomic E-state index is 0.0518. The Morgan fingerprint density at radius 3 is 1.97 bits per heavy atom. The van der Waals surface area contributed by atoms with Gasteiger partial charge in [0.1, 0.15) is 0 Å². The molecule has 1 aliphatic rings. The van der Waals surface area contributed by atoms with Gasteiger partial charge in [-0.1, -0.05) is 67.7 Å². The second kappa shape index (κ2) is 21.4. The van der Waals surface area contributed by atoms with Crippen molar-refractivity contribution in [1.29, 1.82) is 0 Å². The Morgan fingerprint density at radius 1 is 0.818 bits per heavy atom. The third-order valence-corrected chi connectivity index (χ3v) is 5.35. The zero-order chi connectivity index (χ0) is 23.8. The number of allylic oxidation sites excluding steroid dienone is 10. The fraction of sp³-hybridized carbons (Fsp3) is 0.571. The fourth-order valence-corrected chi connectivity index (χ4v) is 3.45. The topological polar surface area (TPSA) is 70.2 Å². The van der Waals surface area contributed by atoms with E-state index >= 15 is 0 Å². The molecule has 1 fully saturated rings. The molecule has 5 nitrogen and oxygen atoms in total. The first-order valence-corrected chi connectivity index (χ1v) is 12.7. The smallest absolute Gasteiger partial charge is 0.224 e. The third kappa shape index (κ3) is 17.8. The number of carbonyl (C=O) groups is 2. The van der Waals surface area contributed by atoms with Gasteiger partial charge in [-0.05, 0) is 64.3 Å². The zero-order valence-electron chi connectivity index (χ0n) is 20.6. The normalized spacial score (nSPS) is 17.2. The van der Waals surface area contributed by atoms with E-state index in [2.05, 4.69) is 83.6 Å². The fourth-order valence-electron chi connectivity index (χ4n) is 3.45. The molecule has 1 rings (SSSR count). The van der Waals surface area contributed by atoms with Crippen LogP contribution in [-0.2, 0) is 9.59 Å². The molecule has 184 valence electrons. The monoisotopic (exact) mass is 455 g/mol. The van der Waals surface area contributed by atoms with Gasteiger partial charge in [-0.15, -0.1) is 0 Å². The summed E-state index contributed by atoms with van der Waals surface area (Å²) in [5.74, 6) is 0.212. The number of carbonyl (C=O) groups excluding carboxylic acids is 2. The summed E-state index contributed by atoms with van der Waals surface area (Å²) >= 11 is 0. The van der Waals surface area contributed by atoms with Crippen LogP contribution in [0.1, 0.15) is 71.1 Å². The van der Waals surface area contributed by atoms with Gasteiger partial charge in [0.2, 0.25) is 11.8 Å². The molecule has 1 unspecified atom stereocenters. The first-order valence-electron chi connectivity index (χ1n) is 12.7. The highest BCUT2D eigenvalue weighted by Gasteiger charge is 2.20. The van der Waals surface area contributed by atoms with E-state index in [1.807, 2.05) is 0 Å². The van der Waals surface area contributed by atoms with Gasteiger partial charge in [0, 0.05) is 26.1 Å². The van der Waals surface area contributed by atoms with Crippen LogP contribution in [0.5, 0.6) is 0 Å². The molecule has 1 saturated heterocycles. The van der Waals surface area contributed by atoms with Crippen LogP contribution < -0.4 is 16.0 Å². The number of unbranched alkanes of at least 4 members (excludes halogenated alkanes) is 1. The van der Waals surface area contributed by atoms with Gasteiger partial charge in [0.25, 0.3) is 0 Å². The van der Waals surface area contributed by atoms with Crippen molar-refractivity contribution in [3.05, 3.63) is 60.8 Å². The van der Waals surface area contributed by atoms with E-state index in [1.54, 1.807) is 0 Å². The van der Waals surface area contributed by atoms with Gasteiger partial charge in [-0.3, -0.25) is 9.59 Å². The van der Waals surface area contributed by atoms with Crippen LogP contribution in [0.3, 0.4) is 0 Å². The molecule has 1 atom stereocenters. The Labute approximate surface area is 201 Å². The summed E-state index contributed by atoms with van der Waals surface area (Å²) in [6, 6.07) is 0. The highest BCUT2D eigenvalue weighted by Crippen LogP contribution is 2.09. The summed E-state index contributed by atoms with van der Waals surface area (Å²) in [6.07, 6.45) is 31.2. The Bertz CT molecular complexity index is 656. The average molecular weight is 456 g/mol. The van der Waals surface area contributed by atoms with Gasteiger partial charge >= 0.3 is 0 Å². The Balaban J connectivity index is 1.92. The van der Waals surface area contributed by atoms with Crippen LogP contribution >= 0.6 is 0 Å². The number of hydrogen-bond acceptors (Lipinski definition) is 3. The molecule has 1 heterocycles. The molecular formula is C28H45N3O2. The lowest BCUT2D eigenvalue weighted by atomic mass is 9.99. The first kappa shape index (κ1) is 28.6. The van der Waals surface area contributed by atoms with Crippen molar-refractivity contribution in [2.75, 3.05) is 26.2 Å². The number of nitrogens with one attached hydrogen (secondary N) is 3. The van der Waals surface area contributed by atoms with Crippen molar-refractivity contribution in [3.8, 4) is 0 Å². The maximum atomic E-state index is 12.0. The molecule has 0 aliphatic carbocycles. The van der Waals surface area contributed by atoms with Gasteiger partial charge in [0.05, 0.1) is 5.92 Å². The van der Waals surface area contributed by atoms with E-state index in [9.17, 15) is 9.59 Å². The molecule has 0 aromatic rings. The lowest BCUT2D eigenvalue weighted by Crippen LogP contribution is -2.42. The van der Waals surface area contributed by atoms with Gasteiger partial charge < -0.3 is 16.0 Å². The third-order valence-electron chi connectivity index (χ3n) is 5.35. The average Bonchev–Trinajstić information content (AvgIpc) is 2.84. The second-order valence-electron chi connectivity index (χ2n) is 8.28. The lowest BCUT2D eigenvalue weighted by molar-refractivity contribution is -0.126. The molecule has 3 N–H and O–H groups in total. The molecule has 0 saturated carbocycles. The van der Waals surface area contributed by atoms with E-state index in [1.165, 1.54) is 0 Å². The van der Waals surface area contributed by atoms with Crippen LogP contribution in [0.4, 0.5) is 0 Å². The van der Waals surface area contributed by atoms with Crippen molar-refractivity contribution in [3.63, 3.8) is 0 Å². The molecule has 5 heteroatoms. The summed E-state index contributed by atoms with van der Waals surface area (Å²) < 4.78 is 0. The predicted octanol–water partition coefficient (Wildman–Crippen LogP) is 5.14. The van der Waals surface area contributed by atoms with E-state index in [0.29, 0.717) is 19.5 Å². The lowest BCUT2D eigenvalue weighted by Gasteiger charge is -2.21. The zero-order valence-corrected chi connectivity index (χ0v) is 20.6. The number of rotatable bonds is 17. The maximum Gasteiger partial charge on any atom is 0.224 e. The molecule has 0 bridgehead atoms. The standard InChI is InChI=1S/C28H45N3O2/c1-2-3-4-5-6-7-8-9-10-11-12-13-14-15-16-17-18-21-27(32)30-23-24-31-28(33)26-20-19-22-29-25-26/h3-4,6-7,9-10,12-13,15-16,26,29H,2,5,8,11,14,17-25H2,1H3,(H,30,32)(H,31,33)/b4-3-,7-6-,10-9-,13-12-,16-15-. The molecule has 1 aliphatic heterocycles. The van der Waals surface area contributed by atoms with E-state index in [4.69, 9.17) is 0 Å². The summed E-state index contributed by atoms with van der Waals surface area (Å²) in [5, 5.41) is 9.03. The van der Waals surface area contributed by atoms with Crippen molar-refractivity contribution in [2.45, 2.75) is 71.1 Å². The quantitative estimate of drug-likeness (QED) is 0.210. The molecule has 0 aromatic heterocycles. The molecular weight excluding hydrogens is 410 g/mol. The highest BCUT2D eigenvalue weighted by atomic mass is 16.2. The van der Waals surface area contributed by atoms with Crippen LogP contribution in [0.25, 0.3) is 0 Å². The van der Waals surface area contributed by atoms with E-state index < -0.39 is 0 Å². The minimum absolute atomic E-state index is 0.0518. The van der Waals surface area contributed by atoms with E-state index in [0.717, 1.165) is 70.9 Å². The van der Waals surface area contributed by atoms with Crippen LogP contribution in [0, 0.1) is 5.92 Å². The number of piperidine rings is 1. The van der Waals surface area contributed by atoms with E-state index in [-0.39, 0.29) is 17.7 Å². The van der Waals surface area contributed by atoms with Crippen molar-refractivity contribution >= 4 is 11.8 Å². The molecule has 33 heavy (non-hydrogen) atoms. The Hall–Kier alpha value is -2.40. The first-order chi connectivity index (χ1) is 16.2. The number of amides is 2. The molecule has 0 aromatic carbocycles. The summed E-state index contributed by atoms with van der Waals surface area (Å²) in [6.45, 7) is 4.90. The molecule has 2 amide bonds. The summed E-state index contributed by atoms with van der Waals surface area (Å²) in [5.41, 5.74) is 0. The van der Waals surface area contributed by atoms with Crippen LogP contribution in [0.15, 0.2) is 60.8 Å². The largest absolute Gasteiger partial charge is 0.354 e. The highest BCUT2D eigenvalue weighted by molar-refractivity contribution is 5.79. The Morgan fingerprint density at radius 2 is 1.39 bits per heavy atom. The van der Waals surface area contributed by atoms with Crippen LogP contribution in [-0.4, -0.2) is 38.0 Å². The SMILES string of the molecule is CC/C=C\C/C=C\C/C=C\C/C=C\C/C=C\CCCC(=O)NCCNC(=O)C1CCCNC1. The van der Waals surface area contributed by atoms with Crippen LogP contribution in [0.2, 0.25) is 0 Å². The maximum absolute atomic E-state index is 12.0. The number of hydrogen-bond donors (Lipinski definition) is 3. The van der Waals surface area contributed by atoms with Gasteiger partial charge in [0.15, 0.2) is 0 Å². The van der Waals surface area contributed by atoms with Crippen molar-refractivity contribution < 1.29 is 9.59 Å². The predicted molar refractivity (Wildman–Crippen MR) is 140 cm³/mol. The van der Waals surface area contributed by atoms with Gasteiger partial charge in [-0.2, -0.15) is 0 Å². The van der Waals surface area contributed by atoms with Gasteiger partial charge in [-0.25, -0.2) is 0 Å². The van der Waals surface area contributed by atoms with Crippen molar-refractivity contribution in [2.24, 2.45) is 5.92 Å².